The minimum absolute atomic E-state index is 0.0268. The van der Waals surface area contributed by atoms with E-state index in [9.17, 15) is 23.2 Å². The smallest absolute Gasteiger partial charge is 0.275 e. The molecule has 10 heteroatoms. The van der Waals surface area contributed by atoms with Gasteiger partial charge in [-0.05, 0) is 18.9 Å². The molecule has 0 spiro atoms. The predicted octanol–water partition coefficient (Wildman–Crippen LogP) is 2.34. The highest BCUT2D eigenvalue weighted by atomic mass is 35.5. The van der Waals surface area contributed by atoms with Crippen molar-refractivity contribution in [2.45, 2.75) is 38.0 Å². The maximum atomic E-state index is 14.1. The molecule has 2 aromatic rings. The Kier molecular flexibility index (Phi) is 4.55. The number of carbonyl (C=O) groups is 2. The van der Waals surface area contributed by atoms with Crippen molar-refractivity contribution in [3.63, 3.8) is 0 Å². The molecule has 3 aliphatic rings. The minimum Gasteiger partial charge on any atom is -0.491 e. The van der Waals surface area contributed by atoms with E-state index in [4.69, 9.17) is 16.3 Å². The van der Waals surface area contributed by atoms with Crippen molar-refractivity contribution in [1.82, 2.24) is 14.8 Å². The number of halogens is 3. The van der Waals surface area contributed by atoms with Crippen LogP contribution >= 0.6 is 11.6 Å². The van der Waals surface area contributed by atoms with E-state index in [0.29, 0.717) is 12.5 Å². The van der Waals surface area contributed by atoms with E-state index in [-0.39, 0.29) is 47.1 Å². The average Bonchev–Trinajstić information content (AvgIpc) is 2.73. The van der Waals surface area contributed by atoms with Gasteiger partial charge in [-0.3, -0.25) is 14.4 Å². The number of nitrogens with zero attached hydrogens (tertiary/aromatic N) is 2. The summed E-state index contributed by atoms with van der Waals surface area (Å²) in [5.74, 6) is -2.65. The highest BCUT2D eigenvalue weighted by Gasteiger charge is 2.58. The lowest BCUT2D eigenvalue weighted by Crippen LogP contribution is -2.73. The zero-order valence-electron chi connectivity index (χ0n) is 16.5. The normalized spacial score (nSPS) is 23.2. The molecule has 7 nitrogen and oxygen atoms in total. The fourth-order valence-electron chi connectivity index (χ4n) is 4.83. The second kappa shape index (κ2) is 7.05. The van der Waals surface area contributed by atoms with Gasteiger partial charge in [0.25, 0.3) is 11.8 Å². The fourth-order valence-corrected chi connectivity index (χ4v) is 5.01. The molecular weight excluding hydrogens is 432 g/mol. The Hall–Kier alpha value is -2.94. The third kappa shape index (κ3) is 2.79. The second-order valence-electron chi connectivity index (χ2n) is 8.01. The van der Waals surface area contributed by atoms with E-state index < -0.39 is 28.0 Å². The van der Waals surface area contributed by atoms with Crippen LogP contribution in [0.1, 0.15) is 39.3 Å². The van der Waals surface area contributed by atoms with E-state index in [1.54, 1.807) is 4.57 Å². The van der Waals surface area contributed by atoms with Gasteiger partial charge in [-0.2, -0.15) is 0 Å². The molecule has 1 saturated heterocycles. The number of benzene rings is 1. The van der Waals surface area contributed by atoms with Crippen LogP contribution in [0.4, 0.5) is 8.78 Å². The number of hydrogen-bond donors (Lipinski definition) is 1. The highest BCUT2D eigenvalue weighted by Crippen LogP contribution is 2.50. The molecule has 1 saturated carbocycles. The highest BCUT2D eigenvalue weighted by molar-refractivity contribution is 6.30. The summed E-state index contributed by atoms with van der Waals surface area (Å²) in [6.07, 6.45) is 3.37. The number of fused-ring (bicyclic) bond motifs is 5. The molecule has 2 aliphatic heterocycles. The summed E-state index contributed by atoms with van der Waals surface area (Å²) in [6.45, 7) is 0.175. The van der Waals surface area contributed by atoms with Crippen LogP contribution in [0.2, 0.25) is 5.02 Å². The predicted molar refractivity (Wildman–Crippen MR) is 106 cm³/mol. The molecule has 2 amide bonds. The summed E-state index contributed by atoms with van der Waals surface area (Å²) in [5, 5.41) is 1.78. The Morgan fingerprint density at radius 3 is 2.71 bits per heavy atom. The van der Waals surface area contributed by atoms with Crippen molar-refractivity contribution < 1.29 is 23.1 Å². The first-order valence-electron chi connectivity index (χ1n) is 9.88. The van der Waals surface area contributed by atoms with Crippen LogP contribution in [0.3, 0.4) is 0 Å². The van der Waals surface area contributed by atoms with Crippen molar-refractivity contribution in [1.29, 1.82) is 0 Å². The number of methoxy groups -OCH3 is 1. The van der Waals surface area contributed by atoms with Crippen LogP contribution in [0.15, 0.2) is 23.1 Å². The van der Waals surface area contributed by atoms with Crippen LogP contribution < -0.4 is 15.5 Å². The quantitative estimate of drug-likeness (QED) is 0.726. The van der Waals surface area contributed by atoms with Gasteiger partial charge in [0.2, 0.25) is 5.43 Å². The van der Waals surface area contributed by atoms with Crippen LogP contribution in [0, 0.1) is 17.6 Å². The van der Waals surface area contributed by atoms with E-state index in [1.165, 1.54) is 13.3 Å². The monoisotopic (exact) mass is 449 g/mol. The first-order valence-corrected chi connectivity index (χ1v) is 10.3. The largest absolute Gasteiger partial charge is 0.491 e. The molecule has 3 atom stereocenters. The van der Waals surface area contributed by atoms with Gasteiger partial charge in [0, 0.05) is 36.8 Å². The lowest BCUT2D eigenvalue weighted by atomic mass is 9.64. The average molecular weight is 450 g/mol. The first kappa shape index (κ1) is 20.0. The number of ether oxygens (including phenoxy) is 1. The lowest BCUT2D eigenvalue weighted by Gasteiger charge is -2.63. The molecule has 1 N–H and O–H groups in total. The molecule has 3 heterocycles. The van der Waals surface area contributed by atoms with Crippen molar-refractivity contribution in [3.8, 4) is 5.75 Å². The number of amides is 2. The first-order chi connectivity index (χ1) is 14.8. The molecule has 5 rings (SSSR count). The summed E-state index contributed by atoms with van der Waals surface area (Å²) in [7, 11) is 1.27. The zero-order valence-corrected chi connectivity index (χ0v) is 17.2. The van der Waals surface area contributed by atoms with E-state index >= 15 is 0 Å². The number of carbonyl (C=O) groups excluding carboxylic acids is 2. The van der Waals surface area contributed by atoms with E-state index in [1.807, 2.05) is 4.90 Å². The molecule has 1 aromatic carbocycles. The van der Waals surface area contributed by atoms with Gasteiger partial charge < -0.3 is 19.5 Å². The van der Waals surface area contributed by atoms with Crippen LogP contribution in [0.25, 0.3) is 0 Å². The molecular formula is C21H18ClF2N3O4. The van der Waals surface area contributed by atoms with Crippen molar-refractivity contribution >= 4 is 23.4 Å². The van der Waals surface area contributed by atoms with Crippen molar-refractivity contribution in [2.75, 3.05) is 7.11 Å². The third-order valence-electron chi connectivity index (χ3n) is 6.56. The van der Waals surface area contributed by atoms with Gasteiger partial charge in [-0.15, -0.1) is 0 Å². The summed E-state index contributed by atoms with van der Waals surface area (Å²) in [5.41, 5.74) is -0.829. The Bertz CT molecular complexity index is 1200. The topological polar surface area (TPSA) is 80.6 Å². The fraction of sp³-hybridized carbons (Fsp3) is 0.381. The molecule has 2 fully saturated rings. The lowest BCUT2D eigenvalue weighted by molar-refractivity contribution is -0.106. The van der Waals surface area contributed by atoms with Gasteiger partial charge in [0.15, 0.2) is 11.4 Å². The number of hydrogen-bond acceptors (Lipinski definition) is 4. The van der Waals surface area contributed by atoms with Crippen LogP contribution in [0.5, 0.6) is 5.75 Å². The van der Waals surface area contributed by atoms with E-state index in [2.05, 4.69) is 5.32 Å². The maximum absolute atomic E-state index is 14.1. The molecule has 1 aliphatic carbocycles. The van der Waals surface area contributed by atoms with Crippen LogP contribution in [-0.4, -0.2) is 40.5 Å². The molecule has 1 unspecified atom stereocenters. The Morgan fingerprint density at radius 2 is 2.03 bits per heavy atom. The number of aromatic nitrogens is 1. The number of rotatable bonds is 4. The third-order valence-corrected chi connectivity index (χ3v) is 6.91. The molecule has 0 bridgehead atoms. The number of piperidine rings is 1. The minimum atomic E-state index is -0.979. The second-order valence-corrected chi connectivity index (χ2v) is 8.39. The Balaban J connectivity index is 1.45. The summed E-state index contributed by atoms with van der Waals surface area (Å²) in [4.78, 5) is 40.4. The van der Waals surface area contributed by atoms with Gasteiger partial charge in [0.05, 0.1) is 13.2 Å². The summed E-state index contributed by atoms with van der Waals surface area (Å²) < 4.78 is 34.2. The summed E-state index contributed by atoms with van der Waals surface area (Å²) >= 11 is 5.56. The SMILES string of the molecule is COc1c2n(cc(C(=O)NCc3ccc(F)c(Cl)c3F)c1=O)C[C@H]1C3CC[C@@H]3N1C2=O. The molecule has 0 radical (unpaired) electrons. The van der Waals surface area contributed by atoms with Crippen molar-refractivity contribution in [3.05, 3.63) is 62.0 Å². The summed E-state index contributed by atoms with van der Waals surface area (Å²) in [6, 6.07) is 2.44. The molecule has 31 heavy (non-hydrogen) atoms. The van der Waals surface area contributed by atoms with Crippen LogP contribution in [-0.2, 0) is 13.1 Å². The maximum Gasteiger partial charge on any atom is 0.275 e. The van der Waals surface area contributed by atoms with Gasteiger partial charge in [0.1, 0.15) is 22.2 Å². The van der Waals surface area contributed by atoms with E-state index in [0.717, 1.165) is 25.0 Å². The van der Waals surface area contributed by atoms with Gasteiger partial charge >= 0.3 is 0 Å². The van der Waals surface area contributed by atoms with Crippen molar-refractivity contribution in [2.24, 2.45) is 5.92 Å². The zero-order chi connectivity index (χ0) is 22.0. The van der Waals surface area contributed by atoms with Gasteiger partial charge in [-0.25, -0.2) is 8.78 Å². The molecule has 162 valence electrons. The number of nitrogens with one attached hydrogen (secondary N) is 1. The Labute approximate surface area is 180 Å². The standard InChI is InChI=1S/C21H18ClF2N3O4/c1-31-19-17-21(30)27-13-5-3-10(13)14(27)8-26(17)7-11(18(19)28)20(29)25-6-9-2-4-12(23)15(22)16(9)24/h2,4,7,10,13-14H,3,5-6,8H2,1H3,(H,25,29)/t10?,13-,14-/m0/s1. The molecule has 1 aromatic heterocycles. The number of pyridine rings is 1. The van der Waals surface area contributed by atoms with Gasteiger partial charge in [-0.1, -0.05) is 17.7 Å². The Morgan fingerprint density at radius 1 is 1.26 bits per heavy atom.